The van der Waals surface area contributed by atoms with Gasteiger partial charge in [-0.05, 0) is 35.9 Å². The van der Waals surface area contributed by atoms with Crippen LogP contribution < -0.4 is 16.8 Å². The molecule has 2 aromatic carbocycles. The molecule has 0 saturated heterocycles. The average Bonchev–Trinajstić information content (AvgIpc) is 3.04. The molecular weight excluding hydrogens is 344 g/mol. The SMILES string of the molecule is NC(=O)c1ccc(Nc2nc(C(N)c3ccccc3Cl)cs2)cc1. The van der Waals surface area contributed by atoms with Crippen LogP contribution in [0.5, 0.6) is 0 Å². The zero-order valence-corrected chi connectivity index (χ0v) is 14.1. The van der Waals surface area contributed by atoms with E-state index in [0.717, 1.165) is 16.9 Å². The first-order valence-corrected chi connectivity index (χ1v) is 8.42. The van der Waals surface area contributed by atoms with Crippen molar-refractivity contribution in [2.45, 2.75) is 6.04 Å². The number of nitrogens with zero attached hydrogens (tertiary/aromatic N) is 1. The van der Waals surface area contributed by atoms with Crippen LogP contribution in [0, 0.1) is 0 Å². The highest BCUT2D eigenvalue weighted by molar-refractivity contribution is 7.13. The summed E-state index contributed by atoms with van der Waals surface area (Å²) in [6, 6.07) is 13.9. The zero-order valence-electron chi connectivity index (χ0n) is 12.6. The van der Waals surface area contributed by atoms with Gasteiger partial charge in [-0.2, -0.15) is 0 Å². The average molecular weight is 359 g/mol. The van der Waals surface area contributed by atoms with Gasteiger partial charge in [0.25, 0.3) is 0 Å². The number of hydrogen-bond acceptors (Lipinski definition) is 5. The predicted molar refractivity (Wildman–Crippen MR) is 97.8 cm³/mol. The number of hydrogen-bond donors (Lipinski definition) is 3. The molecule has 1 atom stereocenters. The Morgan fingerprint density at radius 3 is 2.54 bits per heavy atom. The number of amides is 1. The normalized spacial score (nSPS) is 11.9. The standard InChI is InChI=1S/C17H15ClN4OS/c18-13-4-2-1-3-12(13)15(19)14-9-24-17(22-14)21-11-7-5-10(6-8-11)16(20)23/h1-9,15H,19H2,(H2,20,23)(H,21,22). The van der Waals surface area contributed by atoms with Gasteiger partial charge in [-0.1, -0.05) is 29.8 Å². The van der Waals surface area contributed by atoms with Crippen molar-refractivity contribution in [3.8, 4) is 0 Å². The molecule has 1 amide bonds. The van der Waals surface area contributed by atoms with Crippen LogP contribution in [-0.4, -0.2) is 10.9 Å². The summed E-state index contributed by atoms with van der Waals surface area (Å²) in [4.78, 5) is 15.6. The number of thiazole rings is 1. The Labute approximate surface area is 148 Å². The topological polar surface area (TPSA) is 94.0 Å². The molecule has 24 heavy (non-hydrogen) atoms. The first-order chi connectivity index (χ1) is 11.5. The van der Waals surface area contributed by atoms with Gasteiger partial charge in [0.2, 0.25) is 5.91 Å². The first-order valence-electron chi connectivity index (χ1n) is 7.17. The number of halogens is 1. The molecule has 1 unspecified atom stereocenters. The third-order valence-corrected chi connectivity index (χ3v) is 4.62. The number of anilines is 2. The monoisotopic (exact) mass is 358 g/mol. The van der Waals surface area contributed by atoms with Gasteiger partial charge in [0.15, 0.2) is 5.13 Å². The van der Waals surface area contributed by atoms with Crippen molar-refractivity contribution >= 4 is 39.7 Å². The van der Waals surface area contributed by atoms with Crippen LogP contribution in [0.3, 0.4) is 0 Å². The molecule has 7 heteroatoms. The molecule has 1 aromatic heterocycles. The highest BCUT2D eigenvalue weighted by Crippen LogP contribution is 2.29. The number of carbonyl (C=O) groups is 1. The first kappa shape index (κ1) is 16.4. The smallest absolute Gasteiger partial charge is 0.248 e. The van der Waals surface area contributed by atoms with E-state index in [1.807, 2.05) is 29.6 Å². The summed E-state index contributed by atoms with van der Waals surface area (Å²) in [5, 5.41) is 6.40. The van der Waals surface area contributed by atoms with Crippen molar-refractivity contribution in [2.24, 2.45) is 11.5 Å². The molecule has 1 heterocycles. The maximum atomic E-state index is 11.1. The molecule has 0 spiro atoms. The van der Waals surface area contributed by atoms with Crippen LogP contribution in [0.15, 0.2) is 53.9 Å². The van der Waals surface area contributed by atoms with Gasteiger partial charge in [-0.3, -0.25) is 4.79 Å². The van der Waals surface area contributed by atoms with E-state index in [4.69, 9.17) is 23.1 Å². The molecule has 3 rings (SSSR count). The minimum atomic E-state index is -0.455. The second-order valence-corrected chi connectivity index (χ2v) is 6.41. The van der Waals surface area contributed by atoms with E-state index >= 15 is 0 Å². The number of benzene rings is 2. The van der Waals surface area contributed by atoms with Crippen molar-refractivity contribution in [1.29, 1.82) is 0 Å². The van der Waals surface area contributed by atoms with Crippen molar-refractivity contribution in [2.75, 3.05) is 5.32 Å². The largest absolute Gasteiger partial charge is 0.366 e. The highest BCUT2D eigenvalue weighted by Gasteiger charge is 2.15. The van der Waals surface area contributed by atoms with Gasteiger partial charge in [-0.25, -0.2) is 4.98 Å². The Morgan fingerprint density at radius 2 is 1.88 bits per heavy atom. The maximum Gasteiger partial charge on any atom is 0.248 e. The molecule has 0 saturated carbocycles. The van der Waals surface area contributed by atoms with Gasteiger partial charge in [0.1, 0.15) is 0 Å². The van der Waals surface area contributed by atoms with E-state index in [0.29, 0.717) is 15.7 Å². The van der Waals surface area contributed by atoms with E-state index in [-0.39, 0.29) is 6.04 Å². The fourth-order valence-corrected chi connectivity index (χ4v) is 3.23. The summed E-state index contributed by atoms with van der Waals surface area (Å²) in [5.41, 5.74) is 14.3. The van der Waals surface area contributed by atoms with Crippen molar-refractivity contribution < 1.29 is 4.79 Å². The zero-order chi connectivity index (χ0) is 17.1. The fraction of sp³-hybridized carbons (Fsp3) is 0.0588. The Hall–Kier alpha value is -2.41. The van der Waals surface area contributed by atoms with E-state index in [2.05, 4.69) is 10.3 Å². The Balaban J connectivity index is 1.76. The second kappa shape index (κ2) is 7.00. The van der Waals surface area contributed by atoms with Gasteiger partial charge >= 0.3 is 0 Å². The highest BCUT2D eigenvalue weighted by atomic mass is 35.5. The summed E-state index contributed by atoms with van der Waals surface area (Å²) in [5.74, 6) is -0.455. The van der Waals surface area contributed by atoms with E-state index in [9.17, 15) is 4.79 Å². The third-order valence-electron chi connectivity index (χ3n) is 3.50. The minimum Gasteiger partial charge on any atom is -0.366 e. The van der Waals surface area contributed by atoms with Crippen LogP contribution in [0.25, 0.3) is 0 Å². The minimum absolute atomic E-state index is 0.386. The van der Waals surface area contributed by atoms with Crippen LogP contribution in [0.2, 0.25) is 5.02 Å². The molecular formula is C17H15ClN4OS. The van der Waals surface area contributed by atoms with Crippen molar-refractivity contribution in [3.05, 3.63) is 75.8 Å². The number of rotatable bonds is 5. The summed E-state index contributed by atoms with van der Waals surface area (Å²) < 4.78 is 0. The maximum absolute atomic E-state index is 11.1. The molecule has 122 valence electrons. The molecule has 5 nitrogen and oxygen atoms in total. The van der Waals surface area contributed by atoms with Crippen LogP contribution in [-0.2, 0) is 0 Å². The molecule has 0 aliphatic rings. The molecule has 0 aliphatic carbocycles. The summed E-state index contributed by atoms with van der Waals surface area (Å²) in [6.45, 7) is 0. The van der Waals surface area contributed by atoms with Gasteiger partial charge in [0.05, 0.1) is 11.7 Å². The lowest BCUT2D eigenvalue weighted by Crippen LogP contribution is -2.12. The van der Waals surface area contributed by atoms with Crippen molar-refractivity contribution in [3.63, 3.8) is 0 Å². The Kier molecular flexibility index (Phi) is 4.80. The number of nitrogens with two attached hydrogens (primary N) is 2. The number of nitrogens with one attached hydrogen (secondary N) is 1. The lowest BCUT2D eigenvalue weighted by molar-refractivity contribution is 0.100. The molecule has 0 fully saturated rings. The molecule has 5 N–H and O–H groups in total. The number of primary amides is 1. The van der Waals surface area contributed by atoms with Crippen LogP contribution >= 0.6 is 22.9 Å². The predicted octanol–water partition coefficient (Wildman–Crippen LogP) is 3.69. The lowest BCUT2D eigenvalue weighted by atomic mass is 10.1. The molecule has 0 radical (unpaired) electrons. The number of carbonyl (C=O) groups excluding carboxylic acids is 1. The quantitative estimate of drug-likeness (QED) is 0.648. The van der Waals surface area contributed by atoms with Crippen molar-refractivity contribution in [1.82, 2.24) is 4.98 Å². The van der Waals surface area contributed by atoms with Crippen LogP contribution in [0.4, 0.5) is 10.8 Å². The second-order valence-electron chi connectivity index (χ2n) is 5.14. The Morgan fingerprint density at radius 1 is 1.17 bits per heavy atom. The van der Waals surface area contributed by atoms with Gasteiger partial charge in [-0.15, -0.1) is 11.3 Å². The summed E-state index contributed by atoms with van der Waals surface area (Å²) in [7, 11) is 0. The van der Waals surface area contributed by atoms with E-state index in [1.165, 1.54) is 11.3 Å². The fourth-order valence-electron chi connectivity index (χ4n) is 2.21. The molecule has 0 bridgehead atoms. The molecule has 3 aromatic rings. The van der Waals surface area contributed by atoms with Gasteiger partial charge in [0, 0.05) is 21.7 Å². The Bertz CT molecular complexity index is 863. The summed E-state index contributed by atoms with van der Waals surface area (Å²) >= 11 is 7.63. The lowest BCUT2D eigenvalue weighted by Gasteiger charge is -2.11. The van der Waals surface area contributed by atoms with E-state index < -0.39 is 5.91 Å². The molecule has 0 aliphatic heterocycles. The summed E-state index contributed by atoms with van der Waals surface area (Å²) in [6.07, 6.45) is 0. The van der Waals surface area contributed by atoms with Gasteiger partial charge < -0.3 is 16.8 Å². The van der Waals surface area contributed by atoms with Crippen LogP contribution in [0.1, 0.15) is 27.7 Å². The number of aromatic nitrogens is 1. The van der Waals surface area contributed by atoms with E-state index in [1.54, 1.807) is 24.3 Å². The third kappa shape index (κ3) is 3.56.